The number of ether oxygens (including phenoxy) is 3. The number of esters is 2. The predicted octanol–water partition coefficient (Wildman–Crippen LogP) is 14.6. The van der Waals surface area contributed by atoms with Crippen LogP contribution >= 0.6 is 0 Å². The fraction of sp³-hybridized carbons (Fsp3) is 0.667. The van der Waals surface area contributed by atoms with E-state index in [1.54, 1.807) is 12.2 Å². The maximum Gasteiger partial charge on any atom is 1.00 e. The van der Waals surface area contributed by atoms with E-state index in [-0.39, 0.29) is 98.7 Å². The summed E-state index contributed by atoms with van der Waals surface area (Å²) in [5.41, 5.74) is 0. The van der Waals surface area contributed by atoms with Gasteiger partial charge in [-0.1, -0.05) is 209 Å². The van der Waals surface area contributed by atoms with E-state index in [1.165, 1.54) is 6.42 Å². The van der Waals surface area contributed by atoms with E-state index in [1.807, 2.05) is 61.5 Å². The van der Waals surface area contributed by atoms with Crippen LogP contribution in [0.25, 0.3) is 0 Å². The van der Waals surface area contributed by atoms with Gasteiger partial charge in [-0.3, -0.25) is 33.7 Å². The molecule has 0 saturated carbocycles. The number of halogens is 1. The number of carboxylic acids is 4. The zero-order valence-electron chi connectivity index (χ0n) is 56.1. The third-order valence-corrected chi connectivity index (χ3v) is 15.7. The smallest absolute Gasteiger partial charge is 0.513 e. The van der Waals surface area contributed by atoms with Crippen LogP contribution < -0.4 is 29.6 Å². The molecule has 0 rings (SSSR count). The van der Waals surface area contributed by atoms with E-state index in [0.29, 0.717) is 51.4 Å². The van der Waals surface area contributed by atoms with Crippen molar-refractivity contribution in [2.24, 2.45) is 35.5 Å². The van der Waals surface area contributed by atoms with E-state index in [9.17, 15) is 63.3 Å². The number of aliphatic hydroxyl groups excluding tert-OH is 1. The third kappa shape index (κ3) is 51.6. The van der Waals surface area contributed by atoms with Crippen molar-refractivity contribution >= 4 is 47.7 Å². The molecule has 0 amide bonds. The molecule has 0 bridgehead atoms. The van der Waals surface area contributed by atoms with Crippen molar-refractivity contribution < 1.29 is 117 Å². The zero-order chi connectivity index (χ0) is 66.1. The van der Waals surface area contributed by atoms with Gasteiger partial charge in [0.2, 0.25) is 0 Å². The minimum Gasteiger partial charge on any atom is -0.513 e. The summed E-state index contributed by atoms with van der Waals surface area (Å²) in [7, 11) is 0. The standard InChI is InChI=1S/C71H111FO17.CH3.Na/c1-5-8-10-11-27-36-44-58(62(56(4)74)52-69(81)89-72)45-37-30-25-26-33-41-49-68(80)88-61(55-87-67(79)48-40-32-24-20-16-18-22-29-38-46-59(43-34-9-6-2)64(71(84)85)51-66(77)78)54-86-60(53-73)47-39-31-23-19-15-13-12-14-17-21-28-35-42-57(7-3)63(70(82)83)50-65(75)76;;/h12,14,21-22,28-29,35,37-38,42,45-46,57-59,61-64,74H,4-11,13,15-20,23-27,30-34,36,39-41,43-44,47-52,54-55H2,1-3H3,(H,75,76)(H,77,78)(H,82,83)(H,84,85);1H3;/q;-1;+1/b14-12-,28-21-,29-22-,42-35+,45-37+,46-38+;;. The molecule has 7 unspecified atom stereocenters. The second-order valence-electron chi connectivity index (χ2n) is 23.2. The monoisotopic (exact) mass is 1290 g/mol. The van der Waals surface area contributed by atoms with Crippen LogP contribution in [-0.4, -0.2) is 92.6 Å². The number of allylic oxidation sites excluding steroid dienone is 14. The van der Waals surface area contributed by atoms with E-state index < -0.39 is 78.5 Å². The third-order valence-electron chi connectivity index (χ3n) is 15.7. The maximum absolute atomic E-state index is 13.1. The molecule has 0 aromatic heterocycles. The van der Waals surface area contributed by atoms with Crippen LogP contribution in [0, 0.1) is 42.9 Å². The second-order valence-corrected chi connectivity index (χ2v) is 23.2. The SMILES string of the molecule is C=C(O)C(CC(=O)OF)C(/C=C/CCCCCCC(=O)OC(COC(=O)CCCCCCC/C=C\C=C\C(CCCCC)C(CC(=O)O)C(=O)O)COC(=C=O)CCCCCCC/C=C\C/C=C\C=C\C(CC)C(CC(=O)O)C(=O)O)CCCCCCCC.[CH3-].[Na+]. The Balaban J connectivity index is -0.0000387. The second kappa shape index (κ2) is 61.9. The summed E-state index contributed by atoms with van der Waals surface area (Å²) in [6, 6.07) is 0. The van der Waals surface area contributed by atoms with Crippen LogP contribution in [0.1, 0.15) is 252 Å². The van der Waals surface area contributed by atoms with Gasteiger partial charge in [0.05, 0.1) is 36.9 Å². The van der Waals surface area contributed by atoms with Gasteiger partial charge in [-0.05, 0) is 101 Å². The number of carboxylic acid groups (broad SMARTS) is 4. The van der Waals surface area contributed by atoms with E-state index in [2.05, 4.69) is 37.5 Å². The summed E-state index contributed by atoms with van der Waals surface area (Å²) >= 11 is 0. The Bertz CT molecular complexity index is 2210. The summed E-state index contributed by atoms with van der Waals surface area (Å²) in [6.45, 7) is 9.25. The number of hydrogen-bond acceptors (Lipinski definition) is 13. The first-order chi connectivity index (χ1) is 42.9. The van der Waals surface area contributed by atoms with E-state index in [4.69, 9.17) is 19.3 Å². The zero-order valence-corrected chi connectivity index (χ0v) is 58.1. The Kier molecular flexibility index (Phi) is 61.0. The van der Waals surface area contributed by atoms with Crippen molar-refractivity contribution in [3.63, 3.8) is 0 Å². The number of carbonyl (C=O) groups is 7. The summed E-state index contributed by atoms with van der Waals surface area (Å²) < 4.78 is 29.8. The minimum absolute atomic E-state index is 0. The van der Waals surface area contributed by atoms with Crippen molar-refractivity contribution in [3.8, 4) is 0 Å². The molecule has 0 aromatic rings. The van der Waals surface area contributed by atoms with Crippen LogP contribution in [0.3, 0.4) is 0 Å². The van der Waals surface area contributed by atoms with Crippen molar-refractivity contribution in [1.29, 1.82) is 0 Å². The Morgan fingerprint density at radius 1 is 0.473 bits per heavy atom. The predicted molar refractivity (Wildman–Crippen MR) is 351 cm³/mol. The molecule has 0 saturated heterocycles. The average Bonchev–Trinajstić information content (AvgIpc) is 3.42. The van der Waals surface area contributed by atoms with Gasteiger partial charge in [0, 0.05) is 29.7 Å². The summed E-state index contributed by atoms with van der Waals surface area (Å²) in [6.07, 6.45) is 47.3. The summed E-state index contributed by atoms with van der Waals surface area (Å²) in [5.74, 6) is -8.24. The number of unbranched alkanes of at least 4 members (excludes halogenated alkanes) is 21. The van der Waals surface area contributed by atoms with Crippen LogP contribution in [0.4, 0.5) is 4.53 Å². The summed E-state index contributed by atoms with van der Waals surface area (Å²) in [4.78, 5) is 99.0. The number of rotatable bonds is 60. The molecule has 0 heterocycles. The molecule has 19 heteroatoms. The molecular weight excluding hydrogens is 1180 g/mol. The van der Waals surface area contributed by atoms with Gasteiger partial charge in [-0.2, -0.15) is 0 Å². The molecular formula is C72H114FNaO17. The van der Waals surface area contributed by atoms with Crippen LogP contribution in [0.15, 0.2) is 91.0 Å². The number of aliphatic hydroxyl groups is 1. The Hall–Kier alpha value is -5.55. The molecule has 0 aliphatic rings. The van der Waals surface area contributed by atoms with Gasteiger partial charge in [0.15, 0.2) is 17.8 Å². The first-order valence-electron chi connectivity index (χ1n) is 33.2. The van der Waals surface area contributed by atoms with E-state index in [0.717, 1.165) is 141 Å². The van der Waals surface area contributed by atoms with Crippen molar-refractivity contribution in [2.75, 3.05) is 13.2 Å². The molecule has 0 aromatic carbocycles. The number of carbonyl (C=O) groups excluding carboxylic acids is 4. The van der Waals surface area contributed by atoms with Gasteiger partial charge < -0.3 is 47.2 Å². The fourth-order valence-electron chi connectivity index (χ4n) is 10.5. The maximum atomic E-state index is 13.1. The normalized spacial score (nSPS) is 13.9. The number of hydrogen-bond donors (Lipinski definition) is 5. The van der Waals surface area contributed by atoms with Crippen LogP contribution in [0.2, 0.25) is 0 Å². The van der Waals surface area contributed by atoms with E-state index >= 15 is 0 Å². The topological polar surface area (TPSA) is 275 Å². The Morgan fingerprint density at radius 3 is 1.46 bits per heavy atom. The van der Waals surface area contributed by atoms with Crippen LogP contribution in [-0.2, 0) is 57.5 Å². The largest absolute Gasteiger partial charge is 1.00 e. The fourth-order valence-corrected chi connectivity index (χ4v) is 10.5. The van der Waals surface area contributed by atoms with Crippen molar-refractivity contribution in [3.05, 3.63) is 98.4 Å². The summed E-state index contributed by atoms with van der Waals surface area (Å²) in [5, 5.41) is 47.8. The molecule has 0 fully saturated rings. The van der Waals surface area contributed by atoms with Crippen LogP contribution in [0.5, 0.6) is 0 Å². The molecule has 91 heavy (non-hydrogen) atoms. The van der Waals surface area contributed by atoms with Crippen molar-refractivity contribution in [1.82, 2.24) is 0 Å². The molecule has 0 aliphatic heterocycles. The quantitative estimate of drug-likeness (QED) is 0.00553. The first kappa shape index (κ1) is 89.6. The molecule has 0 radical (unpaired) electrons. The van der Waals surface area contributed by atoms with Gasteiger partial charge >= 0.3 is 71.3 Å². The van der Waals surface area contributed by atoms with Gasteiger partial charge in [-0.25, -0.2) is 9.59 Å². The molecule has 512 valence electrons. The average molecular weight is 1290 g/mol. The Labute approximate surface area is 566 Å². The van der Waals surface area contributed by atoms with Gasteiger partial charge in [0.25, 0.3) is 0 Å². The molecule has 0 aliphatic carbocycles. The molecule has 17 nitrogen and oxygen atoms in total. The minimum atomic E-state index is -1.14. The van der Waals surface area contributed by atoms with Gasteiger partial charge in [-0.15, -0.1) is 0 Å². The van der Waals surface area contributed by atoms with Gasteiger partial charge in [0.1, 0.15) is 13.2 Å². The Morgan fingerprint density at radius 2 is 0.923 bits per heavy atom. The number of aliphatic carboxylic acids is 4. The molecule has 5 N–H and O–H groups in total. The molecule has 7 atom stereocenters. The van der Waals surface area contributed by atoms with Crippen molar-refractivity contribution in [2.45, 2.75) is 258 Å². The first-order valence-corrected chi connectivity index (χ1v) is 33.2. The molecule has 0 spiro atoms.